The van der Waals surface area contributed by atoms with Crippen molar-refractivity contribution in [3.8, 4) is 0 Å². The zero-order chi connectivity index (χ0) is 16.9. The molecule has 1 aromatic rings. The molecule has 0 bridgehead atoms. The second kappa shape index (κ2) is 7.59. The number of carbonyl (C=O) groups is 2. The van der Waals surface area contributed by atoms with Crippen molar-refractivity contribution in [3.05, 3.63) is 35.9 Å². The molecule has 1 aliphatic heterocycles. The summed E-state index contributed by atoms with van der Waals surface area (Å²) >= 11 is 0. The van der Waals surface area contributed by atoms with Crippen LogP contribution in [0.5, 0.6) is 0 Å². The van der Waals surface area contributed by atoms with Crippen LogP contribution in [0.4, 0.5) is 0 Å². The second-order valence-corrected chi connectivity index (χ2v) is 6.81. The largest absolute Gasteiger partial charge is 0.355 e. The Hall–Kier alpha value is -1.88. The lowest BCUT2D eigenvalue weighted by molar-refractivity contribution is -0.132. The quantitative estimate of drug-likeness (QED) is 0.867. The van der Waals surface area contributed by atoms with Gasteiger partial charge in [0.1, 0.15) is 0 Å². The van der Waals surface area contributed by atoms with Gasteiger partial charge >= 0.3 is 0 Å². The Balaban J connectivity index is 2.01. The molecule has 2 unspecified atom stereocenters. The number of benzene rings is 1. The van der Waals surface area contributed by atoms with Crippen LogP contribution >= 0.6 is 0 Å². The zero-order valence-electron chi connectivity index (χ0n) is 14.0. The van der Waals surface area contributed by atoms with Gasteiger partial charge in [-0.05, 0) is 44.4 Å². The third kappa shape index (κ3) is 4.32. The molecule has 0 spiro atoms. The second-order valence-electron chi connectivity index (χ2n) is 6.81. The molecule has 0 radical (unpaired) electrons. The highest BCUT2D eigenvalue weighted by Gasteiger charge is 2.39. The molecule has 2 atom stereocenters. The lowest BCUT2D eigenvalue weighted by Crippen LogP contribution is -2.52. The maximum Gasteiger partial charge on any atom is 0.253 e. The maximum atomic E-state index is 12.6. The number of hydrogen-bond acceptors (Lipinski definition) is 3. The van der Waals surface area contributed by atoms with Crippen molar-refractivity contribution in [1.82, 2.24) is 10.2 Å². The van der Waals surface area contributed by atoms with Gasteiger partial charge in [0.05, 0.1) is 5.41 Å². The summed E-state index contributed by atoms with van der Waals surface area (Å²) in [5.74, 6) is 0.274. The van der Waals surface area contributed by atoms with Gasteiger partial charge in [0.15, 0.2) is 0 Å². The molecule has 1 aromatic carbocycles. The molecule has 0 saturated carbocycles. The number of likely N-dealkylation sites (tertiary alicyclic amines) is 1. The summed E-state index contributed by atoms with van der Waals surface area (Å²) in [5, 5.41) is 2.99. The van der Waals surface area contributed by atoms with Gasteiger partial charge in [-0.3, -0.25) is 9.59 Å². The van der Waals surface area contributed by atoms with E-state index in [1.54, 1.807) is 4.90 Å². The molecule has 1 saturated heterocycles. The van der Waals surface area contributed by atoms with Crippen molar-refractivity contribution >= 4 is 11.8 Å². The molecule has 0 aliphatic carbocycles. The Labute approximate surface area is 138 Å². The van der Waals surface area contributed by atoms with Crippen molar-refractivity contribution in [1.29, 1.82) is 0 Å². The Morgan fingerprint density at radius 3 is 2.70 bits per heavy atom. The molecule has 126 valence electrons. The molecular formula is C18H27N3O2. The van der Waals surface area contributed by atoms with Crippen LogP contribution < -0.4 is 11.1 Å². The van der Waals surface area contributed by atoms with E-state index in [4.69, 9.17) is 5.73 Å². The van der Waals surface area contributed by atoms with Crippen LogP contribution in [0, 0.1) is 11.3 Å². The molecular weight excluding hydrogens is 290 g/mol. The van der Waals surface area contributed by atoms with Crippen molar-refractivity contribution in [2.24, 2.45) is 17.1 Å². The van der Waals surface area contributed by atoms with Gasteiger partial charge in [-0.15, -0.1) is 0 Å². The molecule has 1 fully saturated rings. The standard InChI is InChI=1S/C18H27N3O2/c1-14(11-19)12-20-17(23)18(2)9-6-10-21(13-18)16(22)15-7-4-3-5-8-15/h3-5,7-8,14H,6,9-13,19H2,1-2H3,(H,20,23). The lowest BCUT2D eigenvalue weighted by atomic mass is 9.80. The summed E-state index contributed by atoms with van der Waals surface area (Å²) in [4.78, 5) is 27.0. The summed E-state index contributed by atoms with van der Waals surface area (Å²) in [5.41, 5.74) is 5.74. The lowest BCUT2D eigenvalue weighted by Gasteiger charge is -2.39. The van der Waals surface area contributed by atoms with Crippen molar-refractivity contribution in [2.45, 2.75) is 26.7 Å². The highest BCUT2D eigenvalue weighted by molar-refractivity contribution is 5.95. The number of hydrogen-bond donors (Lipinski definition) is 2. The maximum absolute atomic E-state index is 12.6. The molecule has 1 aliphatic rings. The topological polar surface area (TPSA) is 75.4 Å². The van der Waals surface area contributed by atoms with Crippen LogP contribution in [-0.4, -0.2) is 42.9 Å². The van der Waals surface area contributed by atoms with Gasteiger partial charge in [0.2, 0.25) is 5.91 Å². The van der Waals surface area contributed by atoms with E-state index >= 15 is 0 Å². The number of nitrogens with one attached hydrogen (secondary N) is 1. The van der Waals surface area contributed by atoms with Gasteiger partial charge in [-0.1, -0.05) is 25.1 Å². The Morgan fingerprint density at radius 1 is 1.35 bits per heavy atom. The van der Waals surface area contributed by atoms with E-state index < -0.39 is 5.41 Å². The van der Waals surface area contributed by atoms with Crippen LogP contribution in [-0.2, 0) is 4.79 Å². The Kier molecular flexibility index (Phi) is 5.77. The van der Waals surface area contributed by atoms with Crippen molar-refractivity contribution in [2.75, 3.05) is 26.2 Å². The fraction of sp³-hybridized carbons (Fsp3) is 0.556. The fourth-order valence-corrected chi connectivity index (χ4v) is 2.93. The van der Waals surface area contributed by atoms with E-state index in [1.807, 2.05) is 44.2 Å². The smallest absolute Gasteiger partial charge is 0.253 e. The van der Waals surface area contributed by atoms with Crippen LogP contribution in [0.2, 0.25) is 0 Å². The molecule has 0 aromatic heterocycles. The predicted molar refractivity (Wildman–Crippen MR) is 90.9 cm³/mol. The Morgan fingerprint density at radius 2 is 2.04 bits per heavy atom. The first-order valence-corrected chi connectivity index (χ1v) is 8.29. The summed E-state index contributed by atoms with van der Waals surface area (Å²) in [6.07, 6.45) is 1.64. The molecule has 23 heavy (non-hydrogen) atoms. The minimum absolute atomic E-state index is 0.000323. The third-order valence-electron chi connectivity index (χ3n) is 4.57. The van der Waals surface area contributed by atoms with E-state index in [2.05, 4.69) is 5.32 Å². The van der Waals surface area contributed by atoms with E-state index in [9.17, 15) is 9.59 Å². The summed E-state index contributed by atoms with van der Waals surface area (Å²) in [6.45, 7) is 6.25. The molecule has 1 heterocycles. The number of nitrogens with zero attached hydrogens (tertiary/aromatic N) is 1. The molecule has 3 N–H and O–H groups in total. The average Bonchev–Trinajstić information content (AvgIpc) is 2.59. The van der Waals surface area contributed by atoms with E-state index in [1.165, 1.54) is 0 Å². The van der Waals surface area contributed by atoms with Gasteiger partial charge in [0.25, 0.3) is 5.91 Å². The SMILES string of the molecule is CC(CN)CNC(=O)C1(C)CCCN(C(=O)c2ccccc2)C1. The first-order chi connectivity index (χ1) is 11.0. The number of carbonyl (C=O) groups excluding carboxylic acids is 2. The van der Waals surface area contributed by atoms with Crippen molar-refractivity contribution < 1.29 is 9.59 Å². The minimum atomic E-state index is -0.531. The van der Waals surface area contributed by atoms with E-state index in [0.717, 1.165) is 12.8 Å². The van der Waals surface area contributed by atoms with Gasteiger partial charge in [-0.2, -0.15) is 0 Å². The molecule has 5 heteroatoms. The first kappa shape index (κ1) is 17.5. The van der Waals surface area contributed by atoms with Crippen molar-refractivity contribution in [3.63, 3.8) is 0 Å². The van der Waals surface area contributed by atoms with Gasteiger partial charge in [-0.25, -0.2) is 0 Å². The number of piperidine rings is 1. The summed E-state index contributed by atoms with van der Waals surface area (Å²) in [6, 6.07) is 9.24. The number of rotatable bonds is 5. The van der Waals surface area contributed by atoms with Gasteiger partial charge in [0, 0.05) is 25.2 Å². The first-order valence-electron chi connectivity index (χ1n) is 8.29. The van der Waals surface area contributed by atoms with Crippen LogP contribution in [0.1, 0.15) is 37.0 Å². The molecule has 5 nitrogen and oxygen atoms in total. The number of amides is 2. The highest BCUT2D eigenvalue weighted by Crippen LogP contribution is 2.30. The molecule has 2 amide bonds. The zero-order valence-corrected chi connectivity index (χ0v) is 14.0. The van der Waals surface area contributed by atoms with Crippen LogP contribution in [0.15, 0.2) is 30.3 Å². The predicted octanol–water partition coefficient (Wildman–Crippen LogP) is 1.64. The average molecular weight is 317 g/mol. The number of nitrogens with two attached hydrogens (primary N) is 1. The van der Waals surface area contributed by atoms with Crippen LogP contribution in [0.3, 0.4) is 0 Å². The monoisotopic (exact) mass is 317 g/mol. The van der Waals surface area contributed by atoms with Gasteiger partial charge < -0.3 is 16.0 Å². The molecule has 2 rings (SSSR count). The highest BCUT2D eigenvalue weighted by atomic mass is 16.2. The summed E-state index contributed by atoms with van der Waals surface area (Å²) in [7, 11) is 0. The fourth-order valence-electron chi connectivity index (χ4n) is 2.93. The summed E-state index contributed by atoms with van der Waals surface area (Å²) < 4.78 is 0. The normalized spacial score (nSPS) is 22.5. The van der Waals surface area contributed by atoms with Crippen LogP contribution in [0.25, 0.3) is 0 Å². The Bertz CT molecular complexity index is 546. The minimum Gasteiger partial charge on any atom is -0.355 e. The third-order valence-corrected chi connectivity index (χ3v) is 4.57. The van der Waals surface area contributed by atoms with E-state index in [-0.39, 0.29) is 17.7 Å². The van der Waals surface area contributed by atoms with E-state index in [0.29, 0.717) is 31.7 Å².